The number of ether oxygens (including phenoxy) is 2. The SMILES string of the molecule is COc1ccc(OCCN2CCN(CC(=O)Nc3c(C)cccc3C(C)C)CC2)cc1. The molecule has 0 radical (unpaired) electrons. The number of piperazine rings is 1. The standard InChI is InChI=1S/C25H35N3O3/c1-19(2)23-7-5-6-20(3)25(23)26-24(29)18-28-14-12-27(13-15-28)16-17-31-22-10-8-21(30-4)9-11-22/h5-11,19H,12-18H2,1-4H3,(H,26,29). The molecule has 1 saturated heterocycles. The van der Waals surface area contributed by atoms with Crippen LogP contribution in [0.25, 0.3) is 0 Å². The molecule has 0 unspecified atom stereocenters. The minimum atomic E-state index is 0.0625. The number of amides is 1. The first kappa shape index (κ1) is 23.1. The molecule has 1 fully saturated rings. The van der Waals surface area contributed by atoms with Crippen molar-refractivity contribution in [3.8, 4) is 11.5 Å². The lowest BCUT2D eigenvalue weighted by atomic mass is 9.98. The van der Waals surface area contributed by atoms with Gasteiger partial charge in [-0.05, 0) is 48.2 Å². The second-order valence-corrected chi connectivity index (χ2v) is 8.38. The van der Waals surface area contributed by atoms with E-state index in [9.17, 15) is 4.79 Å². The Balaban J connectivity index is 1.39. The van der Waals surface area contributed by atoms with Gasteiger partial charge in [0.05, 0.1) is 13.7 Å². The molecule has 0 atom stereocenters. The van der Waals surface area contributed by atoms with Crippen molar-refractivity contribution in [1.82, 2.24) is 9.80 Å². The molecule has 1 aliphatic heterocycles. The van der Waals surface area contributed by atoms with Crippen molar-refractivity contribution < 1.29 is 14.3 Å². The Labute approximate surface area is 186 Å². The summed E-state index contributed by atoms with van der Waals surface area (Å²) in [5.41, 5.74) is 3.27. The Morgan fingerprint density at radius 1 is 1.00 bits per heavy atom. The van der Waals surface area contributed by atoms with Crippen molar-refractivity contribution >= 4 is 11.6 Å². The number of carbonyl (C=O) groups is 1. The fourth-order valence-corrected chi connectivity index (χ4v) is 3.86. The summed E-state index contributed by atoms with van der Waals surface area (Å²) in [7, 11) is 1.66. The number of carbonyl (C=O) groups excluding carboxylic acids is 1. The van der Waals surface area contributed by atoms with Crippen molar-refractivity contribution in [2.24, 2.45) is 0 Å². The lowest BCUT2D eigenvalue weighted by Crippen LogP contribution is -2.49. The molecule has 3 rings (SSSR count). The van der Waals surface area contributed by atoms with Crippen molar-refractivity contribution in [2.75, 3.05) is 58.3 Å². The number of nitrogens with zero attached hydrogens (tertiary/aromatic N) is 2. The van der Waals surface area contributed by atoms with E-state index in [-0.39, 0.29) is 5.91 Å². The maximum absolute atomic E-state index is 12.7. The molecule has 6 nitrogen and oxygen atoms in total. The first-order valence-corrected chi connectivity index (χ1v) is 11.1. The predicted molar refractivity (Wildman–Crippen MR) is 125 cm³/mol. The number of methoxy groups -OCH3 is 1. The third-order valence-electron chi connectivity index (χ3n) is 5.76. The summed E-state index contributed by atoms with van der Waals surface area (Å²) in [4.78, 5) is 17.3. The molecule has 0 aliphatic carbocycles. The van der Waals surface area contributed by atoms with E-state index in [1.54, 1.807) is 7.11 Å². The number of hydrogen-bond acceptors (Lipinski definition) is 5. The summed E-state index contributed by atoms with van der Waals surface area (Å²) < 4.78 is 11.0. The maximum Gasteiger partial charge on any atom is 0.238 e. The molecule has 31 heavy (non-hydrogen) atoms. The normalized spacial score (nSPS) is 15.1. The Morgan fingerprint density at radius 2 is 1.65 bits per heavy atom. The smallest absolute Gasteiger partial charge is 0.238 e. The van der Waals surface area contributed by atoms with Gasteiger partial charge < -0.3 is 14.8 Å². The first-order valence-electron chi connectivity index (χ1n) is 11.1. The van der Waals surface area contributed by atoms with Gasteiger partial charge in [0.2, 0.25) is 5.91 Å². The van der Waals surface area contributed by atoms with Crippen LogP contribution in [0.3, 0.4) is 0 Å². The molecule has 1 N–H and O–H groups in total. The highest BCUT2D eigenvalue weighted by atomic mass is 16.5. The fraction of sp³-hybridized carbons (Fsp3) is 0.480. The van der Waals surface area contributed by atoms with Gasteiger partial charge in [-0.15, -0.1) is 0 Å². The minimum Gasteiger partial charge on any atom is -0.497 e. The average molecular weight is 426 g/mol. The summed E-state index contributed by atoms with van der Waals surface area (Å²) in [6.45, 7) is 12.0. The van der Waals surface area contributed by atoms with Gasteiger partial charge >= 0.3 is 0 Å². The van der Waals surface area contributed by atoms with E-state index in [1.807, 2.05) is 37.3 Å². The van der Waals surface area contributed by atoms with Crippen LogP contribution < -0.4 is 14.8 Å². The van der Waals surface area contributed by atoms with Gasteiger partial charge in [0.15, 0.2) is 0 Å². The Bertz CT molecular complexity index is 844. The molecule has 1 amide bonds. The fourth-order valence-electron chi connectivity index (χ4n) is 3.86. The summed E-state index contributed by atoms with van der Waals surface area (Å²) >= 11 is 0. The van der Waals surface area contributed by atoms with Crippen LogP contribution in [0.1, 0.15) is 30.9 Å². The van der Waals surface area contributed by atoms with Crippen molar-refractivity contribution in [3.05, 3.63) is 53.6 Å². The predicted octanol–water partition coefficient (Wildman–Crippen LogP) is 3.76. The number of para-hydroxylation sites is 1. The van der Waals surface area contributed by atoms with E-state index < -0.39 is 0 Å². The molecular weight excluding hydrogens is 390 g/mol. The topological polar surface area (TPSA) is 54.0 Å². The number of anilines is 1. The van der Waals surface area contributed by atoms with Gasteiger partial charge in [0.1, 0.15) is 18.1 Å². The Morgan fingerprint density at radius 3 is 2.29 bits per heavy atom. The van der Waals surface area contributed by atoms with Gasteiger partial charge in [-0.25, -0.2) is 0 Å². The molecule has 0 aromatic heterocycles. The molecule has 0 bridgehead atoms. The third-order valence-corrected chi connectivity index (χ3v) is 5.76. The summed E-state index contributed by atoms with van der Waals surface area (Å²) in [6.07, 6.45) is 0. The number of aryl methyl sites for hydroxylation is 1. The molecule has 0 spiro atoms. The van der Waals surface area contributed by atoms with E-state index in [4.69, 9.17) is 9.47 Å². The molecule has 1 aliphatic rings. The van der Waals surface area contributed by atoms with Gasteiger partial charge in [-0.1, -0.05) is 32.0 Å². The first-order chi connectivity index (χ1) is 15.0. The second kappa shape index (κ2) is 11.2. The highest BCUT2D eigenvalue weighted by Gasteiger charge is 2.20. The number of benzene rings is 2. The monoisotopic (exact) mass is 425 g/mol. The molecular formula is C25H35N3O3. The molecule has 1 heterocycles. The minimum absolute atomic E-state index is 0.0625. The third kappa shape index (κ3) is 6.71. The van der Waals surface area contributed by atoms with Gasteiger partial charge in [0, 0.05) is 38.4 Å². The summed E-state index contributed by atoms with van der Waals surface area (Å²) in [6, 6.07) is 13.9. The average Bonchev–Trinajstić information content (AvgIpc) is 2.76. The lowest BCUT2D eigenvalue weighted by molar-refractivity contribution is -0.117. The zero-order valence-electron chi connectivity index (χ0n) is 19.2. The van der Waals surface area contributed by atoms with E-state index in [0.717, 1.165) is 55.5 Å². The van der Waals surface area contributed by atoms with Crippen LogP contribution in [0.4, 0.5) is 5.69 Å². The summed E-state index contributed by atoms with van der Waals surface area (Å²) in [5.74, 6) is 2.12. The highest BCUT2D eigenvalue weighted by Crippen LogP contribution is 2.27. The van der Waals surface area contributed by atoms with E-state index >= 15 is 0 Å². The van der Waals surface area contributed by atoms with E-state index in [1.165, 1.54) is 5.56 Å². The molecule has 168 valence electrons. The molecule has 2 aromatic carbocycles. The second-order valence-electron chi connectivity index (χ2n) is 8.38. The van der Waals surface area contributed by atoms with Crippen molar-refractivity contribution in [1.29, 1.82) is 0 Å². The summed E-state index contributed by atoms with van der Waals surface area (Å²) in [5, 5.41) is 3.16. The quantitative estimate of drug-likeness (QED) is 0.663. The van der Waals surface area contributed by atoms with Crippen molar-refractivity contribution in [3.63, 3.8) is 0 Å². The number of hydrogen-bond donors (Lipinski definition) is 1. The largest absolute Gasteiger partial charge is 0.497 e. The zero-order chi connectivity index (χ0) is 22.2. The lowest BCUT2D eigenvalue weighted by Gasteiger charge is -2.34. The van der Waals surface area contributed by atoms with E-state index in [2.05, 4.69) is 41.1 Å². The van der Waals surface area contributed by atoms with Crippen LogP contribution in [-0.2, 0) is 4.79 Å². The van der Waals surface area contributed by atoms with Crippen LogP contribution in [0.15, 0.2) is 42.5 Å². The van der Waals surface area contributed by atoms with Crippen LogP contribution in [-0.4, -0.2) is 68.7 Å². The van der Waals surface area contributed by atoms with Gasteiger partial charge in [-0.3, -0.25) is 14.6 Å². The highest BCUT2D eigenvalue weighted by molar-refractivity contribution is 5.93. The van der Waals surface area contributed by atoms with Gasteiger partial charge in [-0.2, -0.15) is 0 Å². The number of nitrogens with one attached hydrogen (secondary N) is 1. The van der Waals surface area contributed by atoms with Crippen LogP contribution in [0.5, 0.6) is 11.5 Å². The van der Waals surface area contributed by atoms with Crippen LogP contribution in [0.2, 0.25) is 0 Å². The number of rotatable bonds is 9. The zero-order valence-corrected chi connectivity index (χ0v) is 19.2. The van der Waals surface area contributed by atoms with Gasteiger partial charge in [0.25, 0.3) is 0 Å². The Kier molecular flexibility index (Phi) is 8.32. The molecule has 0 saturated carbocycles. The van der Waals surface area contributed by atoms with Crippen LogP contribution in [0, 0.1) is 6.92 Å². The Hall–Kier alpha value is -2.57. The van der Waals surface area contributed by atoms with Crippen molar-refractivity contribution in [2.45, 2.75) is 26.7 Å². The molecule has 2 aromatic rings. The van der Waals surface area contributed by atoms with E-state index in [0.29, 0.717) is 19.1 Å². The molecule has 6 heteroatoms. The maximum atomic E-state index is 12.7. The van der Waals surface area contributed by atoms with Crippen LogP contribution >= 0.6 is 0 Å².